The number of carbonyl (C=O) groups is 2. The number of halogens is 1. The molecule has 190 valence electrons. The number of carboxylic acid groups (broad SMARTS) is 1. The molecule has 3 aromatic rings. The third-order valence-corrected chi connectivity index (χ3v) is 7.55. The average Bonchev–Trinajstić information content (AvgIpc) is 3.22. The molecule has 1 aliphatic carbocycles. The predicted molar refractivity (Wildman–Crippen MR) is 133 cm³/mol. The maximum Gasteiger partial charge on any atom is 0.325 e. The summed E-state index contributed by atoms with van der Waals surface area (Å²) >= 11 is 6.32. The molecule has 3 N–H and O–H groups in total. The van der Waals surface area contributed by atoms with Crippen molar-refractivity contribution in [2.75, 3.05) is 11.2 Å². The van der Waals surface area contributed by atoms with E-state index in [2.05, 4.69) is 15.7 Å². The molecule has 0 fully saturated rings. The second-order valence-corrected chi connectivity index (χ2v) is 10.8. The quantitative estimate of drug-likeness (QED) is 0.378. The molecule has 1 aromatic heterocycles. The number of sulfone groups is 1. The number of anilines is 1. The summed E-state index contributed by atoms with van der Waals surface area (Å²) in [5.74, 6) is -0.721. The molecular weight excluding hydrogens is 508 g/mol. The lowest BCUT2D eigenvalue weighted by atomic mass is 9.93. The van der Waals surface area contributed by atoms with E-state index in [9.17, 15) is 18.0 Å². The third kappa shape index (κ3) is 6.04. The normalized spacial score (nSPS) is 15.2. The van der Waals surface area contributed by atoms with Gasteiger partial charge in [-0.05, 0) is 61.7 Å². The van der Waals surface area contributed by atoms with E-state index in [1.807, 2.05) is 0 Å². The molecule has 1 heterocycles. The molecule has 10 nitrogen and oxygen atoms in total. The van der Waals surface area contributed by atoms with Gasteiger partial charge in [0.2, 0.25) is 5.91 Å². The van der Waals surface area contributed by atoms with Crippen LogP contribution in [0, 0.1) is 0 Å². The number of rotatable bonds is 9. The SMILES string of the molecule is CC(=O)Nc1ccc(Oc2ccc(S(=O)(=O)CN[C@@H]3CCCc4c3cnn4CC(=O)O)cc2Cl)cc1. The molecule has 0 aliphatic heterocycles. The Morgan fingerprint density at radius 3 is 2.64 bits per heavy atom. The van der Waals surface area contributed by atoms with Crippen LogP contribution in [-0.4, -0.2) is 41.1 Å². The monoisotopic (exact) mass is 532 g/mol. The van der Waals surface area contributed by atoms with Gasteiger partial charge in [0.15, 0.2) is 9.84 Å². The molecule has 1 aliphatic rings. The zero-order chi connectivity index (χ0) is 25.9. The van der Waals surface area contributed by atoms with Gasteiger partial charge in [-0.3, -0.25) is 19.6 Å². The minimum Gasteiger partial charge on any atom is -0.480 e. The number of nitrogens with one attached hydrogen (secondary N) is 2. The van der Waals surface area contributed by atoms with Crippen LogP contribution in [0.4, 0.5) is 5.69 Å². The van der Waals surface area contributed by atoms with Crippen molar-refractivity contribution in [1.29, 1.82) is 0 Å². The van der Waals surface area contributed by atoms with Crippen molar-refractivity contribution >= 4 is 39.0 Å². The van der Waals surface area contributed by atoms with Crippen LogP contribution < -0.4 is 15.4 Å². The van der Waals surface area contributed by atoms with Crippen molar-refractivity contribution in [2.45, 2.75) is 43.7 Å². The van der Waals surface area contributed by atoms with Crippen molar-refractivity contribution in [1.82, 2.24) is 15.1 Å². The van der Waals surface area contributed by atoms with Crippen LogP contribution in [-0.2, 0) is 32.4 Å². The molecule has 0 bridgehead atoms. The van der Waals surface area contributed by atoms with Crippen LogP contribution in [0.5, 0.6) is 11.5 Å². The number of hydrogen-bond donors (Lipinski definition) is 3. The molecular formula is C24H25ClN4O6S. The minimum absolute atomic E-state index is 0.0472. The molecule has 0 radical (unpaired) electrons. The first-order valence-corrected chi connectivity index (χ1v) is 13.2. The van der Waals surface area contributed by atoms with Crippen molar-refractivity contribution in [2.24, 2.45) is 0 Å². The molecule has 0 spiro atoms. The molecule has 36 heavy (non-hydrogen) atoms. The molecule has 0 saturated heterocycles. The minimum atomic E-state index is -3.72. The second-order valence-electron chi connectivity index (χ2n) is 8.41. The van der Waals surface area contributed by atoms with Crippen molar-refractivity contribution in [3.63, 3.8) is 0 Å². The Bertz CT molecular complexity index is 1390. The van der Waals surface area contributed by atoms with Crippen LogP contribution in [0.1, 0.15) is 37.1 Å². The van der Waals surface area contributed by atoms with Crippen LogP contribution in [0.15, 0.2) is 53.6 Å². The first-order chi connectivity index (χ1) is 17.1. The molecule has 4 rings (SSSR count). The summed E-state index contributed by atoms with van der Waals surface area (Å²) in [6, 6.07) is 10.7. The van der Waals surface area contributed by atoms with E-state index < -0.39 is 15.8 Å². The lowest BCUT2D eigenvalue weighted by molar-refractivity contribution is -0.138. The summed E-state index contributed by atoms with van der Waals surface area (Å²) in [7, 11) is -3.72. The number of carboxylic acids is 1. The number of amides is 1. The number of aromatic nitrogens is 2. The molecule has 0 unspecified atom stereocenters. The largest absolute Gasteiger partial charge is 0.480 e. The standard InChI is InChI=1S/C24H25ClN4O6S/c1-15(30)28-16-5-7-17(8-6-16)35-23-10-9-18(11-20(23)25)36(33,34)14-26-21-3-2-4-22-19(21)12-27-29(22)13-24(31)32/h5-12,21,26H,2-4,13-14H2,1H3,(H,28,30)(H,31,32)/t21-/m1/s1. The van der Waals surface area contributed by atoms with Gasteiger partial charge in [-0.15, -0.1) is 0 Å². The number of fused-ring (bicyclic) bond motifs is 1. The van der Waals surface area contributed by atoms with Crippen LogP contribution in [0.25, 0.3) is 0 Å². The topological polar surface area (TPSA) is 140 Å². The Balaban J connectivity index is 1.42. The number of hydrogen-bond acceptors (Lipinski definition) is 7. The summed E-state index contributed by atoms with van der Waals surface area (Å²) in [5, 5.41) is 19.1. The lowest BCUT2D eigenvalue weighted by Gasteiger charge is -2.24. The fraction of sp³-hybridized carbons (Fsp3) is 0.292. The summed E-state index contributed by atoms with van der Waals surface area (Å²) in [4.78, 5) is 22.2. The van der Waals surface area contributed by atoms with Gasteiger partial charge >= 0.3 is 5.97 Å². The summed E-state index contributed by atoms with van der Waals surface area (Å²) in [5.41, 5.74) is 2.26. The molecule has 1 amide bonds. The third-order valence-electron chi connectivity index (χ3n) is 5.73. The number of benzene rings is 2. The van der Waals surface area contributed by atoms with Gasteiger partial charge in [-0.1, -0.05) is 11.6 Å². The maximum atomic E-state index is 13.0. The Hall–Kier alpha value is -3.41. The highest BCUT2D eigenvalue weighted by atomic mass is 35.5. The highest BCUT2D eigenvalue weighted by molar-refractivity contribution is 7.91. The van der Waals surface area contributed by atoms with Crippen molar-refractivity contribution in [3.05, 3.63) is 64.9 Å². The van der Waals surface area contributed by atoms with E-state index in [4.69, 9.17) is 21.4 Å². The fourth-order valence-corrected chi connectivity index (χ4v) is 5.53. The molecule has 2 aromatic carbocycles. The average molecular weight is 533 g/mol. The summed E-state index contributed by atoms with van der Waals surface area (Å²) in [6.45, 7) is 1.19. The Morgan fingerprint density at radius 1 is 1.22 bits per heavy atom. The van der Waals surface area contributed by atoms with Crippen LogP contribution in [0.2, 0.25) is 5.02 Å². The number of aliphatic carboxylic acids is 1. The smallest absolute Gasteiger partial charge is 0.325 e. The second kappa shape index (κ2) is 10.7. The maximum absolute atomic E-state index is 13.0. The van der Waals surface area contributed by atoms with Gasteiger partial charge in [-0.2, -0.15) is 5.10 Å². The fourth-order valence-electron chi connectivity index (χ4n) is 4.08. The van der Waals surface area contributed by atoms with Gasteiger partial charge in [-0.25, -0.2) is 8.42 Å². The molecule has 0 saturated carbocycles. The predicted octanol–water partition coefficient (Wildman–Crippen LogP) is 3.77. The van der Waals surface area contributed by atoms with E-state index in [-0.39, 0.29) is 34.3 Å². The van der Waals surface area contributed by atoms with Crippen LogP contribution >= 0.6 is 11.6 Å². The summed E-state index contributed by atoms with van der Waals surface area (Å²) in [6.07, 6.45) is 3.81. The van der Waals surface area contributed by atoms with E-state index >= 15 is 0 Å². The van der Waals surface area contributed by atoms with Crippen LogP contribution in [0.3, 0.4) is 0 Å². The van der Waals surface area contributed by atoms with Gasteiger partial charge < -0.3 is 15.2 Å². The lowest BCUT2D eigenvalue weighted by Crippen LogP contribution is -2.30. The van der Waals surface area contributed by atoms with Crippen molar-refractivity contribution < 1.29 is 27.9 Å². The highest BCUT2D eigenvalue weighted by Crippen LogP contribution is 2.33. The van der Waals surface area contributed by atoms with Gasteiger partial charge in [0.25, 0.3) is 0 Å². The molecule has 1 atom stereocenters. The Kier molecular flexibility index (Phi) is 7.62. The number of nitrogens with zero attached hydrogens (tertiary/aromatic N) is 2. The van der Waals surface area contributed by atoms with Crippen molar-refractivity contribution in [3.8, 4) is 11.5 Å². The zero-order valence-corrected chi connectivity index (χ0v) is 21.0. The Morgan fingerprint density at radius 2 is 1.97 bits per heavy atom. The van der Waals surface area contributed by atoms with Gasteiger partial charge in [0.05, 0.1) is 16.1 Å². The Labute approximate surface area is 213 Å². The van der Waals surface area contributed by atoms with E-state index in [0.29, 0.717) is 23.6 Å². The summed E-state index contributed by atoms with van der Waals surface area (Å²) < 4.78 is 33.2. The van der Waals surface area contributed by atoms with Gasteiger partial charge in [0, 0.05) is 29.9 Å². The highest BCUT2D eigenvalue weighted by Gasteiger charge is 2.26. The van der Waals surface area contributed by atoms with E-state index in [1.165, 1.54) is 29.8 Å². The first-order valence-electron chi connectivity index (χ1n) is 11.2. The van der Waals surface area contributed by atoms with E-state index in [0.717, 1.165) is 24.1 Å². The first kappa shape index (κ1) is 25.7. The number of carbonyl (C=O) groups excluding carboxylic acids is 1. The van der Waals surface area contributed by atoms with Gasteiger partial charge in [0.1, 0.15) is 23.9 Å². The zero-order valence-electron chi connectivity index (χ0n) is 19.4. The van der Waals surface area contributed by atoms with E-state index in [1.54, 1.807) is 30.5 Å². The molecule has 12 heteroatoms. The number of ether oxygens (including phenoxy) is 1.